The van der Waals surface area contributed by atoms with Crippen LogP contribution in [-0.2, 0) is 14.8 Å². The predicted octanol–water partition coefficient (Wildman–Crippen LogP) is 2.44. The topological polar surface area (TPSA) is 60.9 Å². The van der Waals surface area contributed by atoms with Gasteiger partial charge in [0.2, 0.25) is 15.9 Å². The number of carbonyl (C=O) groups excluding carboxylic acids is 1. The minimum absolute atomic E-state index is 0.174. The number of likely N-dealkylation sites (tertiary alicyclic amines) is 1. The molecule has 2 aliphatic rings. The molecule has 2 aliphatic heterocycles. The summed E-state index contributed by atoms with van der Waals surface area (Å²) in [5, 5.41) is 0.410. The molecule has 1 aromatic rings. The van der Waals surface area contributed by atoms with Crippen LogP contribution in [0.25, 0.3) is 0 Å². The Morgan fingerprint density at radius 2 is 1.89 bits per heavy atom. The van der Waals surface area contributed by atoms with E-state index >= 15 is 0 Å². The summed E-state index contributed by atoms with van der Waals surface area (Å²) in [6, 6.07) is 6.71. The van der Waals surface area contributed by atoms with Crippen LogP contribution in [0.2, 0.25) is 5.02 Å². The van der Waals surface area contributed by atoms with Crippen molar-refractivity contribution in [2.75, 3.05) is 39.3 Å². The Morgan fingerprint density at radius 1 is 1.15 bits per heavy atom. The van der Waals surface area contributed by atoms with Crippen molar-refractivity contribution < 1.29 is 13.2 Å². The summed E-state index contributed by atoms with van der Waals surface area (Å²) in [4.78, 5) is 17.0. The van der Waals surface area contributed by atoms with E-state index in [2.05, 4.69) is 11.8 Å². The van der Waals surface area contributed by atoms with Crippen LogP contribution in [0.4, 0.5) is 0 Å². The lowest BCUT2D eigenvalue weighted by Gasteiger charge is -2.38. The third-order valence-electron chi connectivity index (χ3n) is 5.54. The number of piperidine rings is 1. The van der Waals surface area contributed by atoms with Crippen LogP contribution in [-0.4, -0.2) is 73.7 Å². The van der Waals surface area contributed by atoms with Crippen LogP contribution in [0.3, 0.4) is 0 Å². The van der Waals surface area contributed by atoms with E-state index < -0.39 is 10.0 Å². The molecule has 3 rings (SSSR count). The number of rotatable bonds is 5. The van der Waals surface area contributed by atoms with Gasteiger partial charge in [-0.25, -0.2) is 8.42 Å². The Hall–Kier alpha value is -1.15. The molecule has 27 heavy (non-hydrogen) atoms. The average Bonchev–Trinajstić information content (AvgIpc) is 2.68. The molecule has 2 heterocycles. The number of hydrogen-bond acceptors (Lipinski definition) is 4. The standard InChI is InChI=1S/C19H28ClN3O3S/c1-2-17-7-3-4-9-23(17)19(24)15-21-10-12-22(13-11-21)27(25,26)18-8-5-6-16(20)14-18/h5-6,8,14,17H,2-4,7,9-13,15H2,1H3/t17-/m1/s1. The summed E-state index contributed by atoms with van der Waals surface area (Å²) in [5.41, 5.74) is 0. The van der Waals surface area contributed by atoms with Gasteiger partial charge in [0, 0.05) is 43.8 Å². The molecule has 0 saturated carbocycles. The van der Waals surface area contributed by atoms with Gasteiger partial charge in [0.05, 0.1) is 11.4 Å². The number of hydrogen-bond donors (Lipinski definition) is 0. The first-order valence-electron chi connectivity index (χ1n) is 9.69. The van der Waals surface area contributed by atoms with Gasteiger partial charge in [-0.2, -0.15) is 4.31 Å². The summed E-state index contributed by atoms with van der Waals surface area (Å²) < 4.78 is 27.0. The smallest absolute Gasteiger partial charge is 0.243 e. The van der Waals surface area contributed by atoms with E-state index in [0.717, 1.165) is 25.8 Å². The van der Waals surface area contributed by atoms with Crippen LogP contribution in [0.5, 0.6) is 0 Å². The van der Waals surface area contributed by atoms with Gasteiger partial charge in [0.1, 0.15) is 0 Å². The highest BCUT2D eigenvalue weighted by atomic mass is 35.5. The maximum Gasteiger partial charge on any atom is 0.243 e. The van der Waals surface area contributed by atoms with Crippen molar-refractivity contribution in [3.8, 4) is 0 Å². The molecule has 1 amide bonds. The maximum absolute atomic E-state index is 12.8. The maximum atomic E-state index is 12.8. The molecule has 150 valence electrons. The Balaban J connectivity index is 1.56. The van der Waals surface area contributed by atoms with Gasteiger partial charge in [-0.05, 0) is 43.9 Å². The zero-order valence-electron chi connectivity index (χ0n) is 15.8. The molecule has 0 aromatic heterocycles. The quantitative estimate of drug-likeness (QED) is 0.743. The van der Waals surface area contributed by atoms with E-state index in [0.29, 0.717) is 43.8 Å². The van der Waals surface area contributed by atoms with Gasteiger partial charge < -0.3 is 4.90 Å². The molecular formula is C19H28ClN3O3S. The molecular weight excluding hydrogens is 386 g/mol. The highest BCUT2D eigenvalue weighted by molar-refractivity contribution is 7.89. The summed E-state index contributed by atoms with van der Waals surface area (Å²) in [6.45, 7) is 5.27. The van der Waals surface area contributed by atoms with Crippen molar-refractivity contribution in [2.45, 2.75) is 43.5 Å². The lowest BCUT2D eigenvalue weighted by molar-refractivity contribution is -0.136. The molecule has 0 spiro atoms. The Labute approximate surface area is 167 Å². The highest BCUT2D eigenvalue weighted by Gasteiger charge is 2.31. The van der Waals surface area contributed by atoms with Crippen molar-refractivity contribution in [3.63, 3.8) is 0 Å². The molecule has 0 aliphatic carbocycles. The number of piperazine rings is 1. The first-order valence-corrected chi connectivity index (χ1v) is 11.5. The monoisotopic (exact) mass is 413 g/mol. The Kier molecular flexibility index (Phi) is 6.78. The normalized spacial score (nSPS) is 22.7. The van der Waals surface area contributed by atoms with Gasteiger partial charge in [-0.3, -0.25) is 9.69 Å². The van der Waals surface area contributed by atoms with E-state index in [4.69, 9.17) is 11.6 Å². The summed E-state index contributed by atoms with van der Waals surface area (Å²) in [7, 11) is -3.54. The molecule has 2 saturated heterocycles. The molecule has 8 heteroatoms. The zero-order valence-corrected chi connectivity index (χ0v) is 17.4. The van der Waals surface area contributed by atoms with Crippen molar-refractivity contribution in [2.24, 2.45) is 0 Å². The van der Waals surface area contributed by atoms with E-state index in [9.17, 15) is 13.2 Å². The number of carbonyl (C=O) groups is 1. The molecule has 0 bridgehead atoms. The molecule has 6 nitrogen and oxygen atoms in total. The number of amides is 1. The third-order valence-corrected chi connectivity index (χ3v) is 7.67. The average molecular weight is 414 g/mol. The Bertz CT molecular complexity index is 763. The second-order valence-corrected chi connectivity index (χ2v) is 9.66. The summed E-state index contributed by atoms with van der Waals surface area (Å²) in [5.74, 6) is 0.174. The highest BCUT2D eigenvalue weighted by Crippen LogP contribution is 2.22. The van der Waals surface area contributed by atoms with Crippen LogP contribution < -0.4 is 0 Å². The van der Waals surface area contributed by atoms with Gasteiger partial charge >= 0.3 is 0 Å². The number of benzene rings is 1. The number of nitrogens with zero attached hydrogens (tertiary/aromatic N) is 3. The van der Waals surface area contributed by atoms with Crippen LogP contribution >= 0.6 is 11.6 Å². The van der Waals surface area contributed by atoms with Gasteiger partial charge in [-0.15, -0.1) is 0 Å². The van der Waals surface area contributed by atoms with Gasteiger partial charge in [-0.1, -0.05) is 24.6 Å². The van der Waals surface area contributed by atoms with Gasteiger partial charge in [0.25, 0.3) is 0 Å². The van der Waals surface area contributed by atoms with Crippen LogP contribution in [0.1, 0.15) is 32.6 Å². The molecule has 1 aromatic carbocycles. The van der Waals surface area contributed by atoms with E-state index in [1.165, 1.54) is 16.8 Å². The largest absolute Gasteiger partial charge is 0.339 e. The third kappa shape index (κ3) is 4.83. The SMILES string of the molecule is CC[C@@H]1CCCCN1C(=O)CN1CCN(S(=O)(=O)c2cccc(Cl)c2)CC1. The lowest BCUT2D eigenvalue weighted by atomic mass is 10.00. The molecule has 0 N–H and O–H groups in total. The first kappa shape index (κ1) is 20.6. The first-order chi connectivity index (χ1) is 12.9. The number of sulfonamides is 1. The summed E-state index contributed by atoms with van der Waals surface area (Å²) >= 11 is 5.93. The molecule has 2 fully saturated rings. The predicted molar refractivity (Wildman–Crippen MR) is 106 cm³/mol. The lowest BCUT2D eigenvalue weighted by Crippen LogP contribution is -2.53. The second-order valence-electron chi connectivity index (χ2n) is 7.28. The fraction of sp³-hybridized carbons (Fsp3) is 0.632. The van der Waals surface area contributed by atoms with E-state index in [1.807, 2.05) is 4.90 Å². The van der Waals surface area contributed by atoms with Gasteiger partial charge in [0.15, 0.2) is 0 Å². The van der Waals surface area contributed by atoms with Crippen LogP contribution in [0.15, 0.2) is 29.2 Å². The second kappa shape index (κ2) is 8.90. The van der Waals surface area contributed by atoms with Crippen molar-refractivity contribution in [3.05, 3.63) is 29.3 Å². The fourth-order valence-electron chi connectivity index (χ4n) is 3.94. The zero-order chi connectivity index (χ0) is 19.4. The van der Waals surface area contributed by atoms with E-state index in [1.54, 1.807) is 18.2 Å². The number of halogens is 1. The Morgan fingerprint density at radius 3 is 2.56 bits per heavy atom. The van der Waals surface area contributed by atoms with Crippen molar-refractivity contribution in [1.29, 1.82) is 0 Å². The van der Waals surface area contributed by atoms with Crippen molar-refractivity contribution >= 4 is 27.5 Å². The summed E-state index contributed by atoms with van der Waals surface area (Å²) in [6.07, 6.45) is 4.36. The molecule has 1 atom stereocenters. The minimum Gasteiger partial charge on any atom is -0.339 e. The van der Waals surface area contributed by atoms with E-state index in [-0.39, 0.29) is 10.8 Å². The fourth-order valence-corrected chi connectivity index (χ4v) is 5.66. The molecule has 0 unspecified atom stereocenters. The van der Waals surface area contributed by atoms with Crippen LogP contribution in [0, 0.1) is 0 Å². The minimum atomic E-state index is -3.54. The molecule has 0 radical (unpaired) electrons. The van der Waals surface area contributed by atoms with Crippen molar-refractivity contribution in [1.82, 2.24) is 14.1 Å².